The van der Waals surface area contributed by atoms with Crippen LogP contribution in [0.3, 0.4) is 0 Å². The lowest BCUT2D eigenvalue weighted by molar-refractivity contribution is -0.140. The Hall–Kier alpha value is -6.26. The number of rotatable bonds is 10. The number of likely N-dealkylation sites (tertiary alicyclic amines) is 2. The monoisotopic (exact) mass is 924 g/mol. The summed E-state index contributed by atoms with van der Waals surface area (Å²) in [5, 5.41) is 5.73. The van der Waals surface area contributed by atoms with Crippen LogP contribution < -0.4 is 10.6 Å². The molecule has 5 aromatic rings. The largest absolute Gasteiger partial charge is 0.453 e. The highest BCUT2D eigenvalue weighted by Gasteiger charge is 2.52. The van der Waals surface area contributed by atoms with Crippen molar-refractivity contribution in [3.05, 3.63) is 83.6 Å². The molecular formula is C52H60N8O8. The standard InChI is InChI=1S/C52H60N8O8/c1-65-51(63)57-44(29-15-20-67-21-16-29)49(61)59-19-3-4-43(59)47-53-28-42(56-47)35-9-13-39-34(25-35)6-5-33-24-31(8-12-38(33)39)32-10-14-40-41(27-32)55-48(54-40)46-36-7-11-37(26-36)60(46)50(62)45(58-52(64)66-2)30-17-22-68-23-18-30/h8-10,12-14,24-25,27-30,36-37,43-46H,3-7,11,15-23,26H2,1-2H3,(H,53,56)(H,54,55)(H,57,63)(H,58,64)/t36-,37+,43-,44-,45?,46-/m0/s1. The number of H-pyrrole nitrogens is 2. The third kappa shape index (κ3) is 8.28. The number of aryl methyl sites for hydroxylation is 2. The van der Waals surface area contributed by atoms with E-state index in [1.165, 1.54) is 36.5 Å². The van der Waals surface area contributed by atoms with Crippen molar-refractivity contribution in [2.24, 2.45) is 17.8 Å². The Morgan fingerprint density at radius 1 is 0.706 bits per heavy atom. The molecule has 356 valence electrons. The van der Waals surface area contributed by atoms with Gasteiger partial charge in [0, 0.05) is 39.0 Å². The Morgan fingerprint density at radius 3 is 2.00 bits per heavy atom. The van der Waals surface area contributed by atoms with Gasteiger partial charge in [0.1, 0.15) is 23.7 Å². The maximum Gasteiger partial charge on any atom is 0.407 e. The molecular weight excluding hydrogens is 865 g/mol. The summed E-state index contributed by atoms with van der Waals surface area (Å²) in [5.74, 6) is 1.64. The van der Waals surface area contributed by atoms with Crippen LogP contribution in [0.15, 0.2) is 60.8 Å². The quantitative estimate of drug-likeness (QED) is 0.110. The number of amides is 4. The number of fused-ring (bicyclic) bond motifs is 6. The predicted octanol–water partition coefficient (Wildman–Crippen LogP) is 7.40. The second-order valence-electron chi connectivity index (χ2n) is 19.5. The zero-order valence-corrected chi connectivity index (χ0v) is 38.8. The minimum absolute atomic E-state index is 0.0248. The van der Waals surface area contributed by atoms with E-state index in [4.69, 9.17) is 28.9 Å². The summed E-state index contributed by atoms with van der Waals surface area (Å²) < 4.78 is 21.0. The van der Waals surface area contributed by atoms with Gasteiger partial charge in [-0.15, -0.1) is 0 Å². The fourth-order valence-electron chi connectivity index (χ4n) is 12.3. The maximum absolute atomic E-state index is 14.5. The molecule has 4 aliphatic heterocycles. The molecule has 11 rings (SSSR count). The zero-order valence-electron chi connectivity index (χ0n) is 38.8. The third-order valence-corrected chi connectivity index (χ3v) is 15.8. The normalized spacial score (nSPS) is 23.5. The highest BCUT2D eigenvalue weighted by molar-refractivity contribution is 5.89. The molecule has 2 bridgehead atoms. The van der Waals surface area contributed by atoms with Gasteiger partial charge in [-0.05, 0) is 146 Å². The van der Waals surface area contributed by atoms with Crippen molar-refractivity contribution in [1.82, 2.24) is 40.4 Å². The van der Waals surface area contributed by atoms with Crippen molar-refractivity contribution in [2.45, 2.75) is 101 Å². The van der Waals surface area contributed by atoms with Crippen molar-refractivity contribution in [3.8, 4) is 33.5 Å². The Balaban J connectivity index is 0.799. The first-order valence-corrected chi connectivity index (χ1v) is 24.5. The molecule has 5 fully saturated rings. The lowest BCUT2D eigenvalue weighted by Crippen LogP contribution is -2.55. The second-order valence-corrected chi connectivity index (χ2v) is 19.5. The van der Waals surface area contributed by atoms with Crippen molar-refractivity contribution >= 4 is 35.0 Å². The van der Waals surface area contributed by atoms with Gasteiger partial charge in [-0.1, -0.05) is 36.4 Å². The van der Waals surface area contributed by atoms with Crippen LogP contribution in [-0.4, -0.2) is 119 Å². The van der Waals surface area contributed by atoms with Crippen molar-refractivity contribution in [2.75, 3.05) is 47.2 Å². The molecule has 16 heteroatoms. The molecule has 4 N–H and O–H groups in total. The van der Waals surface area contributed by atoms with Gasteiger partial charge in [0.25, 0.3) is 0 Å². The number of hydrogen-bond acceptors (Lipinski definition) is 10. The molecule has 3 aromatic carbocycles. The number of carbonyl (C=O) groups excluding carboxylic acids is 4. The summed E-state index contributed by atoms with van der Waals surface area (Å²) in [5.41, 5.74) is 11.0. The van der Waals surface area contributed by atoms with Gasteiger partial charge in [-0.3, -0.25) is 9.59 Å². The minimum atomic E-state index is -0.681. The number of aromatic nitrogens is 4. The fraction of sp³-hybridized carbons (Fsp3) is 0.500. The number of alkyl carbamates (subject to hydrolysis) is 2. The van der Waals surface area contributed by atoms with E-state index >= 15 is 0 Å². The summed E-state index contributed by atoms with van der Waals surface area (Å²) in [6, 6.07) is 18.1. The number of methoxy groups -OCH3 is 2. The van der Waals surface area contributed by atoms with Crippen LogP contribution in [-0.2, 0) is 41.4 Å². The molecule has 4 saturated heterocycles. The number of imidazole rings is 2. The topological polar surface area (TPSA) is 193 Å². The first-order valence-electron chi connectivity index (χ1n) is 24.5. The molecule has 68 heavy (non-hydrogen) atoms. The average molecular weight is 925 g/mol. The van der Waals surface area contributed by atoms with Gasteiger partial charge in [0.15, 0.2) is 0 Å². The van der Waals surface area contributed by atoms with E-state index < -0.39 is 24.3 Å². The van der Waals surface area contributed by atoms with Gasteiger partial charge < -0.3 is 49.3 Å². The summed E-state index contributed by atoms with van der Waals surface area (Å²) in [7, 11) is 2.65. The summed E-state index contributed by atoms with van der Waals surface area (Å²) in [4.78, 5) is 74.5. The predicted molar refractivity (Wildman–Crippen MR) is 252 cm³/mol. The highest BCUT2D eigenvalue weighted by atomic mass is 16.5. The fourth-order valence-corrected chi connectivity index (χ4v) is 12.3. The number of hydrogen-bond donors (Lipinski definition) is 4. The SMILES string of the molecule is COC(=O)NC(C(=O)N1[C@@H]2CC[C@@H](C2)[C@H]1c1nc2ccc(-c3ccc4c(c3)CCc3cc(-c5cnc([C@@H]6CCCN6C(=O)[C@@H](NC(=O)OC)C6CCOCC6)[nH]5)ccc3-4)cc2[nH]1)C1CCOCC1. The van der Waals surface area contributed by atoms with Crippen LogP contribution in [0.1, 0.15) is 92.6 Å². The molecule has 1 unspecified atom stereocenters. The molecule has 4 amide bonds. The smallest absolute Gasteiger partial charge is 0.407 e. The van der Waals surface area contributed by atoms with Gasteiger partial charge in [-0.25, -0.2) is 19.6 Å². The van der Waals surface area contributed by atoms with E-state index in [0.717, 1.165) is 90.0 Å². The van der Waals surface area contributed by atoms with Crippen LogP contribution in [0, 0.1) is 17.8 Å². The molecule has 16 nitrogen and oxygen atoms in total. The Bertz CT molecular complexity index is 2720. The van der Waals surface area contributed by atoms with E-state index in [0.29, 0.717) is 64.6 Å². The van der Waals surface area contributed by atoms with E-state index in [1.54, 1.807) is 0 Å². The Kier molecular flexibility index (Phi) is 12.2. The van der Waals surface area contributed by atoms with Crippen molar-refractivity contribution < 1.29 is 38.1 Å². The molecule has 2 aromatic heterocycles. The van der Waals surface area contributed by atoms with Gasteiger partial charge in [-0.2, -0.15) is 0 Å². The Labute approximate surface area is 395 Å². The van der Waals surface area contributed by atoms with E-state index in [9.17, 15) is 19.2 Å². The number of aromatic amines is 2. The van der Waals surface area contributed by atoms with Crippen molar-refractivity contribution in [3.63, 3.8) is 0 Å². The number of benzene rings is 3. The first-order chi connectivity index (χ1) is 33.2. The Morgan fingerprint density at radius 2 is 1.32 bits per heavy atom. The number of ether oxygens (including phenoxy) is 4. The molecule has 6 heterocycles. The average Bonchev–Trinajstić information content (AvgIpc) is 4.26. The lowest BCUT2D eigenvalue weighted by Gasteiger charge is -2.39. The van der Waals surface area contributed by atoms with E-state index in [2.05, 4.69) is 75.2 Å². The van der Waals surface area contributed by atoms with Crippen LogP contribution in [0.4, 0.5) is 9.59 Å². The number of nitrogens with zero attached hydrogens (tertiary/aromatic N) is 4. The molecule has 1 saturated carbocycles. The maximum atomic E-state index is 14.5. The van der Waals surface area contributed by atoms with Crippen LogP contribution in [0.2, 0.25) is 0 Å². The van der Waals surface area contributed by atoms with Crippen LogP contribution >= 0.6 is 0 Å². The number of carbonyl (C=O) groups is 4. The van der Waals surface area contributed by atoms with Crippen LogP contribution in [0.25, 0.3) is 44.5 Å². The van der Waals surface area contributed by atoms with Crippen LogP contribution in [0.5, 0.6) is 0 Å². The molecule has 6 atom stereocenters. The highest BCUT2D eigenvalue weighted by Crippen LogP contribution is 2.50. The molecule has 6 aliphatic rings. The third-order valence-electron chi connectivity index (χ3n) is 15.8. The molecule has 0 radical (unpaired) electrons. The molecule has 2 aliphatic carbocycles. The number of piperidine rings is 1. The van der Waals surface area contributed by atoms with E-state index in [-0.39, 0.29) is 41.8 Å². The number of nitrogens with one attached hydrogen (secondary N) is 4. The zero-order chi connectivity index (χ0) is 46.5. The second kappa shape index (κ2) is 18.7. The lowest BCUT2D eigenvalue weighted by atomic mass is 9.83. The summed E-state index contributed by atoms with van der Waals surface area (Å²) >= 11 is 0. The van der Waals surface area contributed by atoms with E-state index in [1.807, 2.05) is 16.0 Å². The van der Waals surface area contributed by atoms with Gasteiger partial charge in [0.2, 0.25) is 11.8 Å². The first kappa shape index (κ1) is 44.3. The summed E-state index contributed by atoms with van der Waals surface area (Å²) in [6.07, 6.45) is 9.84. The summed E-state index contributed by atoms with van der Waals surface area (Å²) in [6.45, 7) is 2.86. The van der Waals surface area contributed by atoms with Gasteiger partial charge in [0.05, 0.1) is 49.2 Å². The molecule has 0 spiro atoms. The van der Waals surface area contributed by atoms with Crippen molar-refractivity contribution in [1.29, 1.82) is 0 Å². The minimum Gasteiger partial charge on any atom is -0.453 e. The van der Waals surface area contributed by atoms with Gasteiger partial charge >= 0.3 is 12.2 Å².